The highest BCUT2D eigenvalue weighted by Gasteiger charge is 1.99. The maximum absolute atomic E-state index is 5.66. The number of aliphatic imine (C=N–C) groups is 1. The maximum Gasteiger partial charge on any atom is 0.190 e. The van der Waals surface area contributed by atoms with Gasteiger partial charge in [0.25, 0.3) is 0 Å². The Hall–Kier alpha value is -1.70. The number of furan rings is 1. The molecule has 2 aromatic rings. The monoisotopic (exact) mass is 443 g/mol. The zero-order valence-corrected chi connectivity index (χ0v) is 16.4. The summed E-state index contributed by atoms with van der Waals surface area (Å²) in [4.78, 5) is 4.20. The van der Waals surface area contributed by atoms with Crippen molar-refractivity contribution in [1.29, 1.82) is 0 Å². The molecule has 1 aromatic carbocycles. The highest BCUT2D eigenvalue weighted by Crippen LogP contribution is 2.08. The Kier molecular flexibility index (Phi) is 10.8. The topological polar surface area (TPSA) is 58.8 Å². The molecule has 2 N–H and O–H groups in total. The van der Waals surface area contributed by atoms with Crippen molar-refractivity contribution in [2.45, 2.75) is 19.3 Å². The fraction of sp³-hybridized carbons (Fsp3) is 0.389. The van der Waals surface area contributed by atoms with E-state index in [2.05, 4.69) is 15.6 Å². The van der Waals surface area contributed by atoms with Crippen LogP contribution in [0.25, 0.3) is 0 Å². The third-order valence-corrected chi connectivity index (χ3v) is 3.34. The molecule has 0 aliphatic heterocycles. The molecule has 1 aromatic heterocycles. The van der Waals surface area contributed by atoms with Crippen molar-refractivity contribution in [3.8, 4) is 5.75 Å². The predicted molar refractivity (Wildman–Crippen MR) is 108 cm³/mol. The summed E-state index contributed by atoms with van der Waals surface area (Å²) in [7, 11) is 1.78. The minimum Gasteiger partial charge on any atom is -0.494 e. The molecule has 0 aliphatic rings. The molecule has 0 atom stereocenters. The molecule has 2 rings (SSSR count). The highest BCUT2D eigenvalue weighted by atomic mass is 127. The first kappa shape index (κ1) is 20.3. The largest absolute Gasteiger partial charge is 0.494 e. The first-order chi connectivity index (χ1) is 11.4. The van der Waals surface area contributed by atoms with Crippen molar-refractivity contribution < 1.29 is 9.15 Å². The Morgan fingerprint density at radius 1 is 1.04 bits per heavy atom. The van der Waals surface area contributed by atoms with E-state index >= 15 is 0 Å². The van der Waals surface area contributed by atoms with E-state index in [0.29, 0.717) is 0 Å². The number of halogens is 1. The zero-order chi connectivity index (χ0) is 16.2. The van der Waals surface area contributed by atoms with Gasteiger partial charge in [0, 0.05) is 26.6 Å². The van der Waals surface area contributed by atoms with Gasteiger partial charge >= 0.3 is 0 Å². The van der Waals surface area contributed by atoms with Gasteiger partial charge in [-0.2, -0.15) is 0 Å². The van der Waals surface area contributed by atoms with Crippen molar-refractivity contribution in [3.05, 3.63) is 54.5 Å². The maximum atomic E-state index is 5.66. The van der Waals surface area contributed by atoms with Crippen LogP contribution in [0, 0.1) is 0 Å². The Balaban J connectivity index is 0.00000288. The summed E-state index contributed by atoms with van der Waals surface area (Å²) in [6.45, 7) is 2.40. The van der Waals surface area contributed by atoms with Crippen LogP contribution in [0.4, 0.5) is 0 Å². The third kappa shape index (κ3) is 8.24. The number of unbranched alkanes of at least 4 members (excludes halogenated alkanes) is 1. The molecule has 1 heterocycles. The van der Waals surface area contributed by atoms with Crippen LogP contribution < -0.4 is 15.4 Å². The van der Waals surface area contributed by atoms with Gasteiger partial charge in [0.05, 0.1) is 12.9 Å². The van der Waals surface area contributed by atoms with E-state index < -0.39 is 0 Å². The lowest BCUT2D eigenvalue weighted by atomic mass is 10.3. The minimum absolute atomic E-state index is 0. The Morgan fingerprint density at radius 2 is 1.83 bits per heavy atom. The van der Waals surface area contributed by atoms with E-state index in [-0.39, 0.29) is 24.0 Å². The first-order valence-corrected chi connectivity index (χ1v) is 8.03. The molecule has 5 nitrogen and oxygen atoms in total. The normalized spacial score (nSPS) is 10.8. The summed E-state index contributed by atoms with van der Waals surface area (Å²) in [6, 6.07) is 13.8. The molecule has 0 fully saturated rings. The average molecular weight is 443 g/mol. The van der Waals surface area contributed by atoms with Gasteiger partial charge in [0.1, 0.15) is 11.5 Å². The SMILES string of the molecule is CN=C(NCCCCOc1ccccc1)NCCc1ccco1.I. The van der Waals surface area contributed by atoms with Crippen LogP contribution in [0.15, 0.2) is 58.1 Å². The predicted octanol–water partition coefficient (Wildman–Crippen LogP) is 3.46. The second-order valence-corrected chi connectivity index (χ2v) is 5.12. The van der Waals surface area contributed by atoms with E-state index in [1.165, 1.54) is 0 Å². The van der Waals surface area contributed by atoms with Gasteiger partial charge in [0.15, 0.2) is 5.96 Å². The molecule has 0 spiro atoms. The number of hydrogen-bond donors (Lipinski definition) is 2. The van der Waals surface area contributed by atoms with Crippen LogP contribution >= 0.6 is 24.0 Å². The van der Waals surface area contributed by atoms with E-state index in [9.17, 15) is 0 Å². The fourth-order valence-corrected chi connectivity index (χ4v) is 2.12. The van der Waals surface area contributed by atoms with Crippen molar-refractivity contribution in [2.24, 2.45) is 4.99 Å². The molecule has 0 bridgehead atoms. The fourth-order valence-electron chi connectivity index (χ4n) is 2.12. The lowest BCUT2D eigenvalue weighted by Crippen LogP contribution is -2.38. The molecule has 0 amide bonds. The van der Waals surface area contributed by atoms with Crippen LogP contribution in [0.1, 0.15) is 18.6 Å². The van der Waals surface area contributed by atoms with Gasteiger partial charge in [0.2, 0.25) is 0 Å². The molecule has 0 saturated carbocycles. The number of nitrogens with zero attached hydrogens (tertiary/aromatic N) is 1. The Bertz CT molecular complexity index is 559. The lowest BCUT2D eigenvalue weighted by molar-refractivity contribution is 0.307. The average Bonchev–Trinajstić information content (AvgIpc) is 3.10. The number of nitrogens with one attached hydrogen (secondary N) is 2. The number of para-hydroxylation sites is 1. The van der Waals surface area contributed by atoms with Crippen molar-refractivity contribution in [3.63, 3.8) is 0 Å². The van der Waals surface area contributed by atoms with Crippen molar-refractivity contribution in [2.75, 3.05) is 26.7 Å². The number of ether oxygens (including phenoxy) is 1. The van der Waals surface area contributed by atoms with Gasteiger partial charge in [-0.3, -0.25) is 4.99 Å². The van der Waals surface area contributed by atoms with Crippen LogP contribution in [0.2, 0.25) is 0 Å². The molecule has 0 unspecified atom stereocenters. The molecular formula is C18H26IN3O2. The smallest absolute Gasteiger partial charge is 0.190 e. The Morgan fingerprint density at radius 3 is 2.54 bits per heavy atom. The van der Waals surface area contributed by atoms with Gasteiger partial charge in [-0.1, -0.05) is 18.2 Å². The highest BCUT2D eigenvalue weighted by molar-refractivity contribution is 14.0. The van der Waals surface area contributed by atoms with Crippen molar-refractivity contribution >= 4 is 29.9 Å². The number of guanidine groups is 1. The molecule has 0 saturated heterocycles. The molecule has 0 radical (unpaired) electrons. The number of hydrogen-bond acceptors (Lipinski definition) is 3. The molecule has 6 heteroatoms. The first-order valence-electron chi connectivity index (χ1n) is 8.03. The van der Waals surface area contributed by atoms with Gasteiger partial charge in [-0.05, 0) is 37.1 Å². The molecule has 24 heavy (non-hydrogen) atoms. The minimum atomic E-state index is 0. The van der Waals surface area contributed by atoms with Crippen LogP contribution in [0.3, 0.4) is 0 Å². The van der Waals surface area contributed by atoms with E-state index in [1.807, 2.05) is 42.5 Å². The van der Waals surface area contributed by atoms with Crippen molar-refractivity contribution in [1.82, 2.24) is 10.6 Å². The third-order valence-electron chi connectivity index (χ3n) is 3.34. The van der Waals surface area contributed by atoms with Gasteiger partial charge < -0.3 is 19.8 Å². The lowest BCUT2D eigenvalue weighted by Gasteiger charge is -2.11. The summed E-state index contributed by atoms with van der Waals surface area (Å²) in [5.41, 5.74) is 0. The summed E-state index contributed by atoms with van der Waals surface area (Å²) in [5, 5.41) is 6.57. The number of rotatable bonds is 9. The standard InChI is InChI=1S/C18H25N3O2.HI/c1-19-18(21-13-11-17-10-7-15-23-17)20-12-5-6-14-22-16-8-3-2-4-9-16;/h2-4,7-10,15H,5-6,11-14H2,1H3,(H2,19,20,21);1H. The second kappa shape index (κ2) is 12.7. The van der Waals surface area contributed by atoms with E-state index in [4.69, 9.17) is 9.15 Å². The van der Waals surface area contributed by atoms with Gasteiger partial charge in [-0.15, -0.1) is 24.0 Å². The van der Waals surface area contributed by atoms with E-state index in [0.717, 1.165) is 56.4 Å². The zero-order valence-electron chi connectivity index (χ0n) is 14.0. The number of benzene rings is 1. The molecular weight excluding hydrogens is 417 g/mol. The molecule has 132 valence electrons. The van der Waals surface area contributed by atoms with Crippen LogP contribution in [-0.4, -0.2) is 32.7 Å². The van der Waals surface area contributed by atoms with Crippen LogP contribution in [-0.2, 0) is 6.42 Å². The second-order valence-electron chi connectivity index (χ2n) is 5.12. The summed E-state index contributed by atoms with van der Waals surface area (Å²) < 4.78 is 11.0. The van der Waals surface area contributed by atoms with E-state index in [1.54, 1.807) is 13.3 Å². The summed E-state index contributed by atoms with van der Waals surface area (Å²) >= 11 is 0. The molecule has 0 aliphatic carbocycles. The summed E-state index contributed by atoms with van der Waals surface area (Å²) in [5.74, 6) is 2.72. The Labute approximate surface area is 160 Å². The van der Waals surface area contributed by atoms with Gasteiger partial charge in [-0.25, -0.2) is 0 Å². The van der Waals surface area contributed by atoms with Crippen LogP contribution in [0.5, 0.6) is 5.75 Å². The summed E-state index contributed by atoms with van der Waals surface area (Å²) in [6.07, 6.45) is 4.58. The quantitative estimate of drug-likeness (QED) is 0.270.